The lowest BCUT2D eigenvalue weighted by Gasteiger charge is -2.49. The van der Waals surface area contributed by atoms with E-state index in [0.29, 0.717) is 16.0 Å². The summed E-state index contributed by atoms with van der Waals surface area (Å²) in [7, 11) is -0.461. The Morgan fingerprint density at radius 3 is 1.61 bits per heavy atom. The van der Waals surface area contributed by atoms with Crippen LogP contribution in [0.4, 0.5) is 0 Å². The summed E-state index contributed by atoms with van der Waals surface area (Å²) < 4.78 is 0. The number of aryl methyl sites for hydroxylation is 2. The Labute approximate surface area is 195 Å². The quantitative estimate of drug-likeness (QED) is 0.398. The van der Waals surface area contributed by atoms with Crippen LogP contribution in [0.2, 0.25) is 0 Å². The second-order valence-corrected chi connectivity index (χ2v) is 18.2. The summed E-state index contributed by atoms with van der Waals surface area (Å²) in [4.78, 5) is 0. The minimum atomic E-state index is -0.378. The molecule has 1 fully saturated rings. The van der Waals surface area contributed by atoms with Gasteiger partial charge >= 0.3 is 0 Å². The molecule has 0 N–H and O–H groups in total. The third-order valence-corrected chi connectivity index (χ3v) is 14.5. The van der Waals surface area contributed by atoms with Gasteiger partial charge in [-0.25, -0.2) is 0 Å². The van der Waals surface area contributed by atoms with Crippen LogP contribution >= 0.6 is 15.8 Å². The molecule has 1 unspecified atom stereocenters. The fourth-order valence-electron chi connectivity index (χ4n) is 6.28. The first-order valence-electron chi connectivity index (χ1n) is 12.1. The Kier molecular flexibility index (Phi) is 7.77. The van der Waals surface area contributed by atoms with Crippen molar-refractivity contribution < 1.29 is 0 Å². The molecular weight excluding hydrogens is 410 g/mol. The molecule has 2 heteroatoms. The minimum Gasteiger partial charge on any atom is -0.0921 e. The molecule has 0 spiro atoms. The molecule has 0 amide bonds. The Bertz CT molecular complexity index is 811. The summed E-state index contributed by atoms with van der Waals surface area (Å²) in [5, 5.41) is 3.99. The highest BCUT2D eigenvalue weighted by atomic mass is 31.1. The summed E-state index contributed by atoms with van der Waals surface area (Å²) in [6.45, 7) is 22.3. The molecule has 31 heavy (non-hydrogen) atoms. The Morgan fingerprint density at radius 1 is 0.742 bits per heavy atom. The van der Waals surface area contributed by atoms with Crippen molar-refractivity contribution in [3.8, 4) is 0 Å². The molecule has 0 heterocycles. The summed E-state index contributed by atoms with van der Waals surface area (Å²) in [5.41, 5.74) is 4.52. The molecule has 0 saturated heterocycles. The third-order valence-electron chi connectivity index (χ3n) is 7.09. The lowest BCUT2D eigenvalue weighted by molar-refractivity contribution is 0.531. The van der Waals surface area contributed by atoms with E-state index in [0.717, 1.165) is 11.6 Å². The lowest BCUT2D eigenvalue weighted by atomic mass is 10.0. The zero-order valence-electron chi connectivity index (χ0n) is 21.4. The summed E-state index contributed by atoms with van der Waals surface area (Å²) in [6.07, 6.45) is 4.25. The fraction of sp³-hybridized carbons (Fsp3) is 0.586. The zero-order chi connectivity index (χ0) is 23.0. The van der Waals surface area contributed by atoms with E-state index in [1.807, 2.05) is 0 Å². The highest BCUT2D eigenvalue weighted by Gasteiger charge is 2.47. The third kappa shape index (κ3) is 5.45. The molecule has 170 valence electrons. The van der Waals surface area contributed by atoms with Crippen molar-refractivity contribution in [2.75, 3.05) is 0 Å². The molecule has 0 nitrogen and oxygen atoms in total. The maximum absolute atomic E-state index is 2.60. The van der Waals surface area contributed by atoms with Crippen LogP contribution in [0.25, 0.3) is 0 Å². The molecule has 2 aromatic carbocycles. The summed E-state index contributed by atoms with van der Waals surface area (Å²) in [5.74, 6) is 0.829. The second-order valence-electron chi connectivity index (χ2n) is 11.6. The first-order chi connectivity index (χ1) is 14.4. The molecule has 0 aromatic heterocycles. The average molecular weight is 455 g/mol. The van der Waals surface area contributed by atoms with E-state index in [4.69, 9.17) is 0 Å². The maximum atomic E-state index is 2.60. The largest absolute Gasteiger partial charge is 0.0921 e. The van der Waals surface area contributed by atoms with Gasteiger partial charge in [0, 0.05) is 0 Å². The monoisotopic (exact) mass is 454 g/mol. The van der Waals surface area contributed by atoms with Crippen LogP contribution in [0.5, 0.6) is 0 Å². The van der Waals surface area contributed by atoms with Crippen LogP contribution in [0.1, 0.15) is 78.9 Å². The van der Waals surface area contributed by atoms with Gasteiger partial charge in [0.1, 0.15) is 0 Å². The summed E-state index contributed by atoms with van der Waals surface area (Å²) in [6, 6.07) is 18.4. The Balaban J connectivity index is 2.08. The highest BCUT2D eigenvalue weighted by molar-refractivity contribution is 7.73. The fourth-order valence-corrected chi connectivity index (χ4v) is 14.9. The SMILES string of the molecule is Cc1ccccc1P(c1ccccc1C)C(C)[C@@H]1CCC[C@@H]1P(C(C)(C)C)C(C)(C)C. The van der Waals surface area contributed by atoms with Crippen molar-refractivity contribution in [3.05, 3.63) is 59.7 Å². The lowest BCUT2D eigenvalue weighted by Crippen LogP contribution is -2.37. The van der Waals surface area contributed by atoms with Gasteiger partial charge in [0.15, 0.2) is 0 Å². The number of benzene rings is 2. The van der Waals surface area contributed by atoms with E-state index in [2.05, 4.69) is 111 Å². The van der Waals surface area contributed by atoms with Crippen LogP contribution in [-0.2, 0) is 0 Å². The molecular formula is C29H44P2. The van der Waals surface area contributed by atoms with Crippen LogP contribution < -0.4 is 10.6 Å². The predicted octanol–water partition coefficient (Wildman–Crippen LogP) is 8.37. The average Bonchev–Trinajstić information content (AvgIpc) is 3.11. The maximum Gasteiger partial charge on any atom is -0.0123 e. The van der Waals surface area contributed by atoms with Crippen molar-refractivity contribution >= 4 is 26.5 Å². The minimum absolute atomic E-state index is 0.0832. The van der Waals surface area contributed by atoms with E-state index in [-0.39, 0.29) is 15.8 Å². The van der Waals surface area contributed by atoms with Crippen molar-refractivity contribution in [1.82, 2.24) is 0 Å². The molecule has 1 aliphatic rings. The van der Waals surface area contributed by atoms with Crippen LogP contribution in [0.3, 0.4) is 0 Å². The van der Waals surface area contributed by atoms with Crippen LogP contribution in [0.15, 0.2) is 48.5 Å². The molecule has 0 radical (unpaired) electrons. The van der Waals surface area contributed by atoms with Crippen LogP contribution in [0, 0.1) is 19.8 Å². The molecule has 3 rings (SSSR count). The van der Waals surface area contributed by atoms with Gasteiger partial charge in [0.2, 0.25) is 0 Å². The van der Waals surface area contributed by atoms with E-state index in [9.17, 15) is 0 Å². The van der Waals surface area contributed by atoms with Gasteiger partial charge in [-0.05, 0) is 83.9 Å². The Hall–Kier alpha value is -0.700. The van der Waals surface area contributed by atoms with Gasteiger partial charge in [-0.1, -0.05) is 111 Å². The van der Waals surface area contributed by atoms with Gasteiger partial charge in [-0.2, -0.15) is 0 Å². The second kappa shape index (κ2) is 9.65. The van der Waals surface area contributed by atoms with Gasteiger partial charge in [0.25, 0.3) is 0 Å². The number of hydrogen-bond donors (Lipinski definition) is 0. The van der Waals surface area contributed by atoms with Crippen LogP contribution in [-0.4, -0.2) is 21.6 Å². The van der Waals surface area contributed by atoms with Gasteiger partial charge < -0.3 is 0 Å². The molecule has 2 aromatic rings. The standard InChI is InChI=1S/C29H44P2/c1-21-15-10-12-18-25(21)30(26-19-13-11-16-22(26)2)23(3)24-17-14-20-27(24)31(28(4,5)6)29(7,8)9/h10-13,15-16,18-19,23-24,27H,14,17,20H2,1-9H3/t23?,24-,27-/m0/s1. The smallest absolute Gasteiger partial charge is 0.0123 e. The molecule has 1 aliphatic carbocycles. The number of rotatable bonds is 5. The number of hydrogen-bond acceptors (Lipinski definition) is 0. The van der Waals surface area contributed by atoms with E-state index in [1.165, 1.54) is 30.4 Å². The zero-order valence-corrected chi connectivity index (χ0v) is 23.2. The van der Waals surface area contributed by atoms with E-state index >= 15 is 0 Å². The van der Waals surface area contributed by atoms with Crippen molar-refractivity contribution in [2.24, 2.45) is 5.92 Å². The first kappa shape index (κ1) is 24.9. The highest BCUT2D eigenvalue weighted by Crippen LogP contribution is 2.68. The normalized spacial score (nSPS) is 21.1. The van der Waals surface area contributed by atoms with Crippen molar-refractivity contribution in [1.29, 1.82) is 0 Å². The summed E-state index contributed by atoms with van der Waals surface area (Å²) >= 11 is 0. The van der Waals surface area contributed by atoms with E-state index < -0.39 is 0 Å². The van der Waals surface area contributed by atoms with E-state index in [1.54, 1.807) is 10.6 Å². The predicted molar refractivity (Wildman–Crippen MR) is 146 cm³/mol. The van der Waals surface area contributed by atoms with Gasteiger partial charge in [-0.3, -0.25) is 0 Å². The van der Waals surface area contributed by atoms with Crippen molar-refractivity contribution in [2.45, 2.75) is 103 Å². The molecule has 3 atom stereocenters. The van der Waals surface area contributed by atoms with Crippen molar-refractivity contribution in [3.63, 3.8) is 0 Å². The Morgan fingerprint density at radius 2 is 1.19 bits per heavy atom. The van der Waals surface area contributed by atoms with Gasteiger partial charge in [-0.15, -0.1) is 0 Å². The first-order valence-corrected chi connectivity index (χ1v) is 14.9. The topological polar surface area (TPSA) is 0 Å². The molecule has 0 bridgehead atoms. The van der Waals surface area contributed by atoms with Gasteiger partial charge in [0.05, 0.1) is 0 Å². The molecule has 1 saturated carbocycles. The molecule has 0 aliphatic heterocycles.